The van der Waals surface area contributed by atoms with Gasteiger partial charge in [-0.1, -0.05) is 12.8 Å². The van der Waals surface area contributed by atoms with Crippen molar-refractivity contribution in [1.29, 1.82) is 0 Å². The van der Waals surface area contributed by atoms with Crippen LogP contribution in [0.15, 0.2) is 0 Å². The summed E-state index contributed by atoms with van der Waals surface area (Å²) in [5.74, 6) is 2.04. The molecule has 2 aliphatic carbocycles. The predicted molar refractivity (Wildman–Crippen MR) is 49.0 cm³/mol. The molecule has 0 bridgehead atoms. The molecule has 0 aromatic heterocycles. The highest BCUT2D eigenvalue weighted by atomic mass is 16.2. The van der Waals surface area contributed by atoms with E-state index in [1.54, 1.807) is 0 Å². The van der Waals surface area contributed by atoms with E-state index < -0.39 is 0 Å². The molecule has 13 heavy (non-hydrogen) atoms. The van der Waals surface area contributed by atoms with Crippen molar-refractivity contribution < 1.29 is 4.79 Å². The second-order valence-corrected chi connectivity index (χ2v) is 4.55. The van der Waals surface area contributed by atoms with Gasteiger partial charge in [0.25, 0.3) is 0 Å². The normalized spacial score (nSPS) is 43.5. The van der Waals surface area contributed by atoms with E-state index in [1.807, 2.05) is 0 Å². The Labute approximate surface area is 78.5 Å². The first-order valence-corrected chi connectivity index (χ1v) is 5.38. The van der Waals surface area contributed by atoms with Crippen LogP contribution in [0.5, 0.6) is 0 Å². The number of amides is 1. The van der Waals surface area contributed by atoms with Crippen molar-refractivity contribution in [1.82, 2.24) is 10.2 Å². The summed E-state index contributed by atoms with van der Waals surface area (Å²) < 4.78 is 0. The lowest BCUT2D eigenvalue weighted by Gasteiger charge is -2.14. The molecule has 1 heterocycles. The molecule has 3 nitrogen and oxygen atoms in total. The lowest BCUT2D eigenvalue weighted by molar-refractivity contribution is -0.127. The summed E-state index contributed by atoms with van der Waals surface area (Å²) in [5.41, 5.74) is 0. The Morgan fingerprint density at radius 2 is 1.92 bits per heavy atom. The fourth-order valence-electron chi connectivity index (χ4n) is 3.16. The van der Waals surface area contributed by atoms with Crippen LogP contribution < -0.4 is 5.32 Å². The molecule has 2 saturated carbocycles. The van der Waals surface area contributed by atoms with Crippen molar-refractivity contribution in [3.63, 3.8) is 0 Å². The molecule has 1 saturated heterocycles. The Hall–Kier alpha value is -0.570. The number of carbonyl (C=O) groups is 1. The van der Waals surface area contributed by atoms with Crippen molar-refractivity contribution in [2.24, 2.45) is 11.8 Å². The quantitative estimate of drug-likeness (QED) is 0.639. The van der Waals surface area contributed by atoms with Crippen LogP contribution in [0.2, 0.25) is 0 Å². The second kappa shape index (κ2) is 2.71. The molecule has 3 fully saturated rings. The molecule has 0 aromatic rings. The maximum atomic E-state index is 11.5. The summed E-state index contributed by atoms with van der Waals surface area (Å²) >= 11 is 0. The average molecular weight is 180 g/mol. The highest BCUT2D eigenvalue weighted by Crippen LogP contribution is 2.52. The average Bonchev–Trinajstić information content (AvgIpc) is 2.73. The summed E-state index contributed by atoms with van der Waals surface area (Å²) in [6.07, 6.45) is 5.48. The van der Waals surface area contributed by atoms with Crippen LogP contribution in [0.3, 0.4) is 0 Å². The molecule has 3 heteroatoms. The van der Waals surface area contributed by atoms with Gasteiger partial charge in [-0.25, -0.2) is 0 Å². The second-order valence-electron chi connectivity index (χ2n) is 4.55. The van der Waals surface area contributed by atoms with E-state index in [9.17, 15) is 4.79 Å². The molecule has 2 atom stereocenters. The first-order chi connectivity index (χ1) is 6.38. The third-order valence-corrected chi connectivity index (χ3v) is 3.85. The SMILES string of the molecule is O=C1CNCN1C1C2CCCCC21. The highest BCUT2D eigenvalue weighted by Gasteiger charge is 2.55. The van der Waals surface area contributed by atoms with Crippen molar-refractivity contribution in [3.05, 3.63) is 0 Å². The van der Waals surface area contributed by atoms with Gasteiger partial charge in [0.2, 0.25) is 5.91 Å². The van der Waals surface area contributed by atoms with Gasteiger partial charge in [0, 0.05) is 6.04 Å². The molecule has 2 unspecified atom stereocenters. The topological polar surface area (TPSA) is 32.3 Å². The van der Waals surface area contributed by atoms with Gasteiger partial charge in [-0.2, -0.15) is 0 Å². The Morgan fingerprint density at radius 1 is 1.23 bits per heavy atom. The number of rotatable bonds is 1. The van der Waals surface area contributed by atoms with Crippen LogP contribution >= 0.6 is 0 Å². The van der Waals surface area contributed by atoms with Crippen LogP contribution in [0.1, 0.15) is 25.7 Å². The van der Waals surface area contributed by atoms with Crippen LogP contribution in [-0.2, 0) is 4.79 Å². The van der Waals surface area contributed by atoms with Crippen molar-refractivity contribution >= 4 is 5.91 Å². The van der Waals surface area contributed by atoms with E-state index in [1.165, 1.54) is 25.7 Å². The number of hydrogen-bond donors (Lipinski definition) is 1. The molecule has 1 amide bonds. The predicted octanol–water partition coefficient (Wildman–Crippen LogP) is 0.564. The maximum absolute atomic E-state index is 11.5. The zero-order valence-corrected chi connectivity index (χ0v) is 7.83. The summed E-state index contributed by atoms with van der Waals surface area (Å²) in [4.78, 5) is 13.5. The Bertz CT molecular complexity index is 229. The first-order valence-electron chi connectivity index (χ1n) is 5.38. The highest BCUT2D eigenvalue weighted by molar-refractivity contribution is 5.80. The first kappa shape index (κ1) is 7.80. The molecule has 3 rings (SSSR count). The Balaban J connectivity index is 1.70. The smallest absolute Gasteiger partial charge is 0.237 e. The Morgan fingerprint density at radius 3 is 2.46 bits per heavy atom. The Kier molecular flexibility index (Phi) is 1.62. The van der Waals surface area contributed by atoms with E-state index in [-0.39, 0.29) is 0 Å². The van der Waals surface area contributed by atoms with Gasteiger partial charge in [0.15, 0.2) is 0 Å². The summed E-state index contributed by atoms with van der Waals surface area (Å²) in [5, 5.41) is 3.13. The fraction of sp³-hybridized carbons (Fsp3) is 0.900. The lowest BCUT2D eigenvalue weighted by Crippen LogP contribution is -2.30. The van der Waals surface area contributed by atoms with E-state index in [4.69, 9.17) is 0 Å². The van der Waals surface area contributed by atoms with Crippen molar-refractivity contribution in [2.45, 2.75) is 31.7 Å². The molecular formula is C10H16N2O. The lowest BCUT2D eigenvalue weighted by atomic mass is 10.0. The van der Waals surface area contributed by atoms with Gasteiger partial charge >= 0.3 is 0 Å². The zero-order chi connectivity index (χ0) is 8.84. The van der Waals surface area contributed by atoms with Crippen LogP contribution in [0.25, 0.3) is 0 Å². The number of hydrogen-bond acceptors (Lipinski definition) is 2. The van der Waals surface area contributed by atoms with Crippen LogP contribution in [-0.4, -0.2) is 30.1 Å². The standard InChI is InChI=1S/C10H16N2O/c13-9-5-11-6-12(9)10-7-3-1-2-4-8(7)10/h7-8,10-11H,1-6H2. The number of nitrogens with one attached hydrogen (secondary N) is 1. The van der Waals surface area contributed by atoms with E-state index >= 15 is 0 Å². The third-order valence-electron chi connectivity index (χ3n) is 3.85. The van der Waals surface area contributed by atoms with E-state index in [2.05, 4.69) is 10.2 Å². The summed E-state index contributed by atoms with van der Waals surface area (Å²) in [7, 11) is 0. The largest absolute Gasteiger partial charge is 0.325 e. The number of carbonyl (C=O) groups excluding carboxylic acids is 1. The fourth-order valence-corrected chi connectivity index (χ4v) is 3.16. The molecular weight excluding hydrogens is 164 g/mol. The molecule has 72 valence electrons. The molecule has 0 aromatic carbocycles. The summed E-state index contributed by atoms with van der Waals surface area (Å²) in [6, 6.07) is 0.616. The van der Waals surface area contributed by atoms with Gasteiger partial charge in [0.05, 0.1) is 13.2 Å². The molecule has 0 spiro atoms. The minimum atomic E-state index is 0.319. The summed E-state index contributed by atoms with van der Waals surface area (Å²) in [6.45, 7) is 1.37. The molecule has 0 radical (unpaired) electrons. The van der Waals surface area contributed by atoms with Crippen molar-refractivity contribution in [3.8, 4) is 0 Å². The zero-order valence-electron chi connectivity index (χ0n) is 7.83. The monoisotopic (exact) mass is 180 g/mol. The minimum Gasteiger partial charge on any atom is -0.325 e. The van der Waals surface area contributed by atoms with E-state index in [0.29, 0.717) is 18.5 Å². The van der Waals surface area contributed by atoms with Crippen molar-refractivity contribution in [2.75, 3.05) is 13.2 Å². The van der Waals surface area contributed by atoms with Gasteiger partial charge in [-0.3, -0.25) is 10.1 Å². The van der Waals surface area contributed by atoms with Crippen LogP contribution in [0.4, 0.5) is 0 Å². The van der Waals surface area contributed by atoms with Crippen LogP contribution in [0, 0.1) is 11.8 Å². The molecule has 3 aliphatic rings. The maximum Gasteiger partial charge on any atom is 0.237 e. The number of nitrogens with zero attached hydrogens (tertiary/aromatic N) is 1. The van der Waals surface area contributed by atoms with Gasteiger partial charge in [0.1, 0.15) is 0 Å². The van der Waals surface area contributed by atoms with E-state index in [0.717, 1.165) is 18.5 Å². The third kappa shape index (κ3) is 1.10. The van der Waals surface area contributed by atoms with Gasteiger partial charge in [-0.05, 0) is 24.7 Å². The van der Waals surface area contributed by atoms with Gasteiger partial charge in [-0.15, -0.1) is 0 Å². The van der Waals surface area contributed by atoms with Gasteiger partial charge < -0.3 is 4.90 Å². The molecule has 1 aliphatic heterocycles. The number of fused-ring (bicyclic) bond motifs is 1. The minimum absolute atomic E-state index is 0.319. The molecule has 1 N–H and O–H groups in total.